The Labute approximate surface area is 514 Å². The van der Waals surface area contributed by atoms with Gasteiger partial charge in [-0.15, -0.1) is 0 Å². The highest BCUT2D eigenvalue weighted by Gasteiger charge is 2.24. The summed E-state index contributed by atoms with van der Waals surface area (Å²) in [5, 5.41) is 63.2. The summed E-state index contributed by atoms with van der Waals surface area (Å²) >= 11 is 1.06. The molecule has 7 aromatic rings. The molecule has 1 aliphatic rings. The first-order valence-corrected chi connectivity index (χ1v) is 28.4. The molecule has 0 radical (unpaired) electrons. The number of nitriles is 1. The molecule has 0 unspecified atom stereocenters. The van der Waals surface area contributed by atoms with E-state index in [1.807, 2.05) is 29.7 Å². The first kappa shape index (κ1) is 64.7. The molecule has 1 amide bonds. The van der Waals surface area contributed by atoms with Crippen LogP contribution in [-0.4, -0.2) is 178 Å². The van der Waals surface area contributed by atoms with Crippen LogP contribution in [-0.2, 0) is 40.4 Å². The van der Waals surface area contributed by atoms with Crippen molar-refractivity contribution in [2.24, 2.45) is 0 Å². The van der Waals surface area contributed by atoms with Gasteiger partial charge in [0, 0.05) is 105 Å². The zero-order valence-electron chi connectivity index (χ0n) is 48.5. The number of carboxylic acid groups (broad SMARTS) is 5. The molecule has 26 heteroatoms. The number of thiocyanates is 1. The van der Waals surface area contributed by atoms with Gasteiger partial charge in [0.25, 0.3) is 5.91 Å². The molecule has 4 aromatic carbocycles. The lowest BCUT2D eigenvalue weighted by Crippen LogP contribution is -2.36. The number of carbonyl (C=O) groups is 6. The van der Waals surface area contributed by atoms with Gasteiger partial charge in [0.15, 0.2) is 19.8 Å². The fourth-order valence-electron chi connectivity index (χ4n) is 9.76. The molecule has 4 heterocycles. The van der Waals surface area contributed by atoms with Crippen LogP contribution in [0.2, 0.25) is 0 Å². The summed E-state index contributed by atoms with van der Waals surface area (Å²) in [4.78, 5) is 94.1. The summed E-state index contributed by atoms with van der Waals surface area (Å²) in [6.45, 7) is 1.64. The van der Waals surface area contributed by atoms with Crippen LogP contribution in [0.4, 0.5) is 0 Å². The molecule has 3 aromatic heterocycles. The van der Waals surface area contributed by atoms with Crippen molar-refractivity contribution < 1.29 is 82.7 Å². The number of carbonyl (C=O) groups excluding carboxylic acids is 1. The molecule has 6 N–H and O–H groups in total. The number of hydrogen-bond donors (Lipinski definition) is 6. The number of rotatable bonds is 28. The summed E-state index contributed by atoms with van der Waals surface area (Å²) < 4.78 is 33.7. The number of benzene rings is 4. The Morgan fingerprint density at radius 2 is 0.843 bits per heavy atom. The lowest BCUT2D eigenvalue weighted by atomic mass is 10.0. The molecule has 0 atom stereocenters. The molecule has 0 aliphatic carbocycles. The van der Waals surface area contributed by atoms with E-state index in [0.717, 1.165) is 22.2 Å². The average molecular weight is 1240 g/mol. The fraction of sp³-hybridized carbons (Fsp3) is 0.270. The Bertz CT molecular complexity index is 3640. The number of thioether (sulfide) groups is 1. The van der Waals surface area contributed by atoms with Crippen molar-refractivity contribution >= 4 is 47.5 Å². The lowest BCUT2D eigenvalue weighted by Gasteiger charge is -2.26. The van der Waals surface area contributed by atoms with Crippen molar-refractivity contribution in [1.82, 2.24) is 35.0 Å². The molecule has 8 rings (SSSR count). The molecule has 25 nitrogen and oxygen atoms in total. The van der Waals surface area contributed by atoms with Crippen molar-refractivity contribution in [2.75, 3.05) is 87.0 Å². The number of amides is 1. The van der Waals surface area contributed by atoms with Gasteiger partial charge in [0.2, 0.25) is 0 Å². The van der Waals surface area contributed by atoms with E-state index in [1.54, 1.807) is 60.7 Å². The number of nitrogens with one attached hydrogen (secondary N) is 1. The van der Waals surface area contributed by atoms with Crippen molar-refractivity contribution in [1.29, 1.82) is 5.26 Å². The van der Waals surface area contributed by atoms with Gasteiger partial charge < -0.3 is 59.3 Å². The van der Waals surface area contributed by atoms with Crippen LogP contribution in [0.3, 0.4) is 0 Å². The third-order valence-corrected chi connectivity index (χ3v) is 14.6. The van der Waals surface area contributed by atoms with Gasteiger partial charge in [0.05, 0.1) is 38.4 Å². The maximum Gasteiger partial charge on any atom is 0.354 e. The number of hydrogen-bond acceptors (Lipinski definition) is 20. The first-order chi connectivity index (χ1) is 42.9. The Balaban J connectivity index is 1.07. The summed E-state index contributed by atoms with van der Waals surface area (Å²) in [5.41, 5.74) is 4.29. The van der Waals surface area contributed by atoms with Gasteiger partial charge in [-0.05, 0) is 125 Å². The number of methoxy groups -OCH3 is 3. The van der Waals surface area contributed by atoms with E-state index in [2.05, 4.69) is 35.0 Å². The standard InChI is InChI=1S/C63H62N8O17S/c1-83-55-28-45(86-34-58(72)65-15-14-38-4-9-48(10-5-38)89-37-64)6-11-49(55)39-22-42(66-52(25-39)61(77)78)31-69-16-18-70(32-43-23-40(26-53(67-43)62(79)80)50-12-7-46(29-56(50)84-2)87-35-59(73)74)20-21-71(19-17-69)33-44-24-41(27-54(68-44)63(81)82)51-13-8-47(30-57(51)85-3)88-36-60(75)76/h4-13,22-30H,14-21,31-36H2,1-3H3,(H,65,72)(H,73,74)(H,75,76)(H,77,78)(H,79,80)(H,81,82). The summed E-state index contributed by atoms with van der Waals surface area (Å²) in [6.07, 6.45) is 0.568. The summed E-state index contributed by atoms with van der Waals surface area (Å²) in [6, 6.07) is 31.3. The normalized spacial score (nSPS) is 12.9. The number of aliphatic carboxylic acids is 2. The zero-order chi connectivity index (χ0) is 63.6. The monoisotopic (exact) mass is 1230 g/mol. The molecule has 0 saturated carbocycles. The van der Waals surface area contributed by atoms with E-state index < -0.39 is 43.1 Å². The van der Waals surface area contributed by atoms with Crippen LogP contribution < -0.4 is 33.7 Å². The van der Waals surface area contributed by atoms with E-state index >= 15 is 0 Å². The summed E-state index contributed by atoms with van der Waals surface area (Å²) in [7, 11) is 4.29. The van der Waals surface area contributed by atoms with Gasteiger partial charge in [-0.1, -0.05) is 12.1 Å². The molecule has 0 spiro atoms. The van der Waals surface area contributed by atoms with E-state index in [1.165, 1.54) is 51.7 Å². The Hall–Kier alpha value is -10.3. The molecule has 1 saturated heterocycles. The van der Waals surface area contributed by atoms with Gasteiger partial charge >= 0.3 is 29.8 Å². The maximum atomic E-state index is 12.8. The maximum absolute atomic E-state index is 12.8. The Morgan fingerprint density at radius 3 is 1.16 bits per heavy atom. The van der Waals surface area contributed by atoms with E-state index in [9.17, 15) is 54.3 Å². The summed E-state index contributed by atoms with van der Waals surface area (Å²) in [5.74, 6) is -4.89. The highest BCUT2D eigenvalue weighted by molar-refractivity contribution is 8.03. The first-order valence-electron chi connectivity index (χ1n) is 27.6. The van der Waals surface area contributed by atoms with Crippen LogP contribution in [0, 0.1) is 10.7 Å². The number of pyridine rings is 3. The Kier molecular flexibility index (Phi) is 22.4. The predicted octanol–water partition coefficient (Wildman–Crippen LogP) is 7.05. The van der Waals surface area contributed by atoms with E-state index in [4.69, 9.17) is 33.7 Å². The lowest BCUT2D eigenvalue weighted by molar-refractivity contribution is -0.140. The van der Waals surface area contributed by atoms with Crippen molar-refractivity contribution in [3.05, 3.63) is 155 Å². The van der Waals surface area contributed by atoms with Crippen molar-refractivity contribution in [3.63, 3.8) is 0 Å². The minimum atomic E-state index is -1.29. The number of ether oxygens (including phenoxy) is 6. The van der Waals surface area contributed by atoms with Gasteiger partial charge in [-0.2, -0.15) is 5.26 Å². The van der Waals surface area contributed by atoms with Crippen molar-refractivity contribution in [2.45, 2.75) is 31.0 Å². The predicted molar refractivity (Wildman–Crippen MR) is 322 cm³/mol. The van der Waals surface area contributed by atoms with Crippen LogP contribution in [0.5, 0.6) is 34.5 Å². The second-order valence-corrected chi connectivity index (χ2v) is 21.0. The van der Waals surface area contributed by atoms with Crippen LogP contribution >= 0.6 is 11.8 Å². The van der Waals surface area contributed by atoms with Crippen LogP contribution in [0.15, 0.2) is 120 Å². The quantitative estimate of drug-likeness (QED) is 0.0211. The van der Waals surface area contributed by atoms with Crippen LogP contribution in [0.1, 0.15) is 54.1 Å². The minimum absolute atomic E-state index is 0.141. The highest BCUT2D eigenvalue weighted by atomic mass is 32.2. The number of aromatic nitrogens is 3. The number of aromatic carboxylic acids is 3. The minimum Gasteiger partial charge on any atom is -0.496 e. The number of carboxylic acids is 5. The molecule has 1 aliphatic heterocycles. The average Bonchev–Trinajstić information content (AvgIpc) is 2.29. The molecule has 0 bridgehead atoms. The Morgan fingerprint density at radius 1 is 0.494 bits per heavy atom. The zero-order valence-corrected chi connectivity index (χ0v) is 49.4. The van der Waals surface area contributed by atoms with Crippen LogP contribution in [0.25, 0.3) is 33.4 Å². The van der Waals surface area contributed by atoms with E-state index in [0.29, 0.717) is 114 Å². The topological polar surface area (TPSA) is 343 Å². The smallest absolute Gasteiger partial charge is 0.354 e. The van der Waals surface area contributed by atoms with Gasteiger partial charge in [0.1, 0.15) is 57.0 Å². The molecule has 462 valence electrons. The highest BCUT2D eigenvalue weighted by Crippen LogP contribution is 2.37. The largest absolute Gasteiger partial charge is 0.496 e. The molecule has 1 fully saturated rings. The van der Waals surface area contributed by atoms with Gasteiger partial charge in [-0.3, -0.25) is 19.5 Å². The van der Waals surface area contributed by atoms with Gasteiger partial charge in [-0.25, -0.2) is 38.9 Å². The fourth-order valence-corrected chi connectivity index (χ4v) is 10.1. The second kappa shape index (κ2) is 30.8. The third kappa shape index (κ3) is 18.4. The third-order valence-electron chi connectivity index (χ3n) is 14.0. The SMILES string of the molecule is COc1cc(OCC(=O)O)ccc1-c1cc(CN2CCN(Cc3cc(-c4ccc(OCC(=O)O)cc4OC)cc(C(=O)O)n3)CCN(Cc3cc(-c4ccc(OCC(=O)NCCc5ccc(SC#N)cc5)cc4OC)cc(C(=O)O)n3)CC2)nc(C(=O)O)c1. The number of nitrogens with zero attached hydrogens (tertiary/aromatic N) is 7. The molecular formula is C63H62N8O17S. The molecular weight excluding hydrogens is 1170 g/mol. The second-order valence-electron chi connectivity index (χ2n) is 20.1. The van der Waals surface area contributed by atoms with Crippen molar-refractivity contribution in [3.8, 4) is 73.3 Å². The molecule has 89 heavy (non-hydrogen) atoms. The van der Waals surface area contributed by atoms with E-state index in [-0.39, 0.29) is 72.2 Å².